The average molecular weight is 132 g/mol. The largest absolute Gasteiger partial charge is 0.390 e. The fourth-order valence-corrected chi connectivity index (χ4v) is 0.493. The Morgan fingerprint density at radius 2 is 2.00 bits per heavy atom. The van der Waals surface area contributed by atoms with Crippen molar-refractivity contribution in [1.82, 2.24) is 0 Å². The third-order valence-electron chi connectivity index (χ3n) is 1.52. The van der Waals surface area contributed by atoms with Crippen molar-refractivity contribution in [3.8, 4) is 0 Å². The minimum absolute atomic E-state index is 0.394. The number of aliphatic hydroxyl groups is 1. The maximum absolute atomic E-state index is 9.09. The van der Waals surface area contributed by atoms with E-state index < -0.39 is 11.7 Å². The molecular weight excluding hydrogens is 116 g/mol. The highest BCUT2D eigenvalue weighted by molar-refractivity contribution is 4.74. The summed E-state index contributed by atoms with van der Waals surface area (Å²) in [4.78, 5) is 0. The van der Waals surface area contributed by atoms with Crippen molar-refractivity contribution in [3.05, 3.63) is 0 Å². The van der Waals surface area contributed by atoms with Crippen LogP contribution in [-0.2, 0) is 4.74 Å². The molecule has 0 aromatic rings. The Balaban J connectivity index is 3.70. The number of ether oxygens (including phenoxy) is 1. The van der Waals surface area contributed by atoms with Crippen LogP contribution in [0.1, 0.15) is 27.7 Å². The van der Waals surface area contributed by atoms with Crippen molar-refractivity contribution in [2.24, 2.45) is 0 Å². The zero-order valence-electron chi connectivity index (χ0n) is 6.64. The summed E-state index contributed by atoms with van der Waals surface area (Å²) in [7, 11) is 0. The molecule has 0 aliphatic carbocycles. The highest BCUT2D eigenvalue weighted by Gasteiger charge is 2.23. The predicted octanol–water partition coefficient (Wildman–Crippen LogP) is 1.18. The van der Waals surface area contributed by atoms with E-state index in [1.165, 1.54) is 0 Å². The van der Waals surface area contributed by atoms with Crippen molar-refractivity contribution in [2.45, 2.75) is 39.4 Å². The van der Waals surface area contributed by atoms with Gasteiger partial charge in [0.1, 0.15) is 0 Å². The molecule has 0 aliphatic rings. The van der Waals surface area contributed by atoms with Crippen LogP contribution in [0.25, 0.3) is 0 Å². The summed E-state index contributed by atoms with van der Waals surface area (Å²) in [5, 5.41) is 9.09. The molecule has 0 spiro atoms. The Labute approximate surface area is 56.8 Å². The van der Waals surface area contributed by atoms with Gasteiger partial charge in [-0.3, -0.25) is 0 Å². The summed E-state index contributed by atoms with van der Waals surface area (Å²) in [6.07, 6.45) is -0.405. The standard InChI is InChI=1S/C7H16O2/c1-5-9-7(3,4)6(2)8/h6,8H,5H2,1-4H3. The third-order valence-corrected chi connectivity index (χ3v) is 1.52. The number of hydrogen-bond donors (Lipinski definition) is 1. The first kappa shape index (κ1) is 8.92. The van der Waals surface area contributed by atoms with Gasteiger partial charge >= 0.3 is 0 Å². The highest BCUT2D eigenvalue weighted by Crippen LogP contribution is 2.13. The van der Waals surface area contributed by atoms with E-state index in [1.54, 1.807) is 6.92 Å². The van der Waals surface area contributed by atoms with E-state index in [0.29, 0.717) is 6.61 Å². The summed E-state index contributed by atoms with van der Waals surface area (Å²) in [5.41, 5.74) is -0.394. The molecule has 0 aliphatic heterocycles. The van der Waals surface area contributed by atoms with Crippen LogP contribution in [0.2, 0.25) is 0 Å². The van der Waals surface area contributed by atoms with E-state index in [2.05, 4.69) is 0 Å². The van der Waals surface area contributed by atoms with Gasteiger partial charge in [0, 0.05) is 6.61 Å². The lowest BCUT2D eigenvalue weighted by atomic mass is 10.0. The SMILES string of the molecule is CCOC(C)(C)C(C)O. The number of rotatable bonds is 3. The van der Waals surface area contributed by atoms with E-state index in [9.17, 15) is 0 Å². The molecule has 1 atom stereocenters. The van der Waals surface area contributed by atoms with Crippen LogP contribution in [0.15, 0.2) is 0 Å². The molecule has 0 bridgehead atoms. The van der Waals surface area contributed by atoms with E-state index in [-0.39, 0.29) is 0 Å². The molecule has 0 fully saturated rings. The predicted molar refractivity (Wildman–Crippen MR) is 37.4 cm³/mol. The Morgan fingerprint density at radius 3 is 2.11 bits per heavy atom. The summed E-state index contributed by atoms with van der Waals surface area (Å²) in [6, 6.07) is 0. The van der Waals surface area contributed by atoms with Gasteiger partial charge < -0.3 is 9.84 Å². The molecule has 0 radical (unpaired) electrons. The molecule has 0 saturated carbocycles. The molecule has 2 heteroatoms. The van der Waals surface area contributed by atoms with Gasteiger partial charge in [0.15, 0.2) is 0 Å². The summed E-state index contributed by atoms with van der Waals surface area (Å²) >= 11 is 0. The zero-order valence-corrected chi connectivity index (χ0v) is 6.64. The van der Waals surface area contributed by atoms with Crippen LogP contribution in [0.5, 0.6) is 0 Å². The minimum Gasteiger partial charge on any atom is -0.390 e. The monoisotopic (exact) mass is 132 g/mol. The second kappa shape index (κ2) is 3.18. The molecule has 9 heavy (non-hydrogen) atoms. The number of aliphatic hydroxyl groups excluding tert-OH is 1. The lowest BCUT2D eigenvalue weighted by molar-refractivity contribution is -0.0886. The molecule has 0 amide bonds. The molecule has 1 unspecified atom stereocenters. The normalized spacial score (nSPS) is 15.7. The molecule has 0 heterocycles. The van der Waals surface area contributed by atoms with Gasteiger partial charge in [-0.1, -0.05) is 0 Å². The first-order valence-corrected chi connectivity index (χ1v) is 3.32. The molecule has 0 rings (SSSR count). The molecule has 0 aromatic heterocycles. The van der Waals surface area contributed by atoms with Gasteiger partial charge in [0.05, 0.1) is 11.7 Å². The first-order valence-electron chi connectivity index (χ1n) is 3.32. The van der Waals surface area contributed by atoms with E-state index in [0.717, 1.165) is 0 Å². The van der Waals surface area contributed by atoms with Gasteiger partial charge in [-0.2, -0.15) is 0 Å². The van der Waals surface area contributed by atoms with E-state index in [4.69, 9.17) is 9.84 Å². The fourth-order valence-electron chi connectivity index (χ4n) is 0.493. The molecule has 2 nitrogen and oxygen atoms in total. The van der Waals surface area contributed by atoms with Crippen molar-refractivity contribution >= 4 is 0 Å². The second-order valence-electron chi connectivity index (χ2n) is 2.71. The number of hydrogen-bond acceptors (Lipinski definition) is 2. The molecule has 0 saturated heterocycles. The Bertz CT molecular complexity index is 77.0. The van der Waals surface area contributed by atoms with Crippen LogP contribution in [0, 0.1) is 0 Å². The summed E-state index contributed by atoms with van der Waals surface area (Å²) in [6.45, 7) is 8.06. The molecule has 1 N–H and O–H groups in total. The van der Waals surface area contributed by atoms with Gasteiger partial charge in [0.25, 0.3) is 0 Å². The van der Waals surface area contributed by atoms with Gasteiger partial charge in [-0.05, 0) is 27.7 Å². The lowest BCUT2D eigenvalue weighted by Gasteiger charge is -2.27. The van der Waals surface area contributed by atoms with Crippen molar-refractivity contribution in [1.29, 1.82) is 0 Å². The summed E-state index contributed by atoms with van der Waals surface area (Å²) in [5.74, 6) is 0. The summed E-state index contributed by atoms with van der Waals surface area (Å²) < 4.78 is 5.24. The van der Waals surface area contributed by atoms with Crippen LogP contribution in [0.3, 0.4) is 0 Å². The smallest absolute Gasteiger partial charge is 0.0881 e. The molecular formula is C7H16O2. The van der Waals surface area contributed by atoms with Crippen LogP contribution in [-0.4, -0.2) is 23.4 Å². The lowest BCUT2D eigenvalue weighted by Crippen LogP contribution is -2.36. The van der Waals surface area contributed by atoms with Gasteiger partial charge in [0.2, 0.25) is 0 Å². The molecule has 0 aromatic carbocycles. The van der Waals surface area contributed by atoms with Crippen LogP contribution in [0.4, 0.5) is 0 Å². The Kier molecular flexibility index (Phi) is 3.15. The highest BCUT2D eigenvalue weighted by atomic mass is 16.5. The van der Waals surface area contributed by atoms with Crippen molar-refractivity contribution in [2.75, 3.05) is 6.61 Å². The topological polar surface area (TPSA) is 29.5 Å². The average Bonchev–Trinajstić information content (AvgIpc) is 1.65. The minimum atomic E-state index is -0.405. The Hall–Kier alpha value is -0.0800. The Morgan fingerprint density at radius 1 is 1.56 bits per heavy atom. The quantitative estimate of drug-likeness (QED) is 0.625. The maximum atomic E-state index is 9.09. The van der Waals surface area contributed by atoms with Crippen molar-refractivity contribution < 1.29 is 9.84 Å². The van der Waals surface area contributed by atoms with E-state index >= 15 is 0 Å². The third kappa shape index (κ3) is 2.82. The first-order chi connectivity index (χ1) is 4.00. The van der Waals surface area contributed by atoms with Crippen LogP contribution < -0.4 is 0 Å². The van der Waals surface area contributed by atoms with Gasteiger partial charge in [-0.15, -0.1) is 0 Å². The maximum Gasteiger partial charge on any atom is 0.0881 e. The van der Waals surface area contributed by atoms with Crippen LogP contribution >= 0.6 is 0 Å². The second-order valence-corrected chi connectivity index (χ2v) is 2.71. The zero-order chi connectivity index (χ0) is 7.49. The van der Waals surface area contributed by atoms with E-state index in [1.807, 2.05) is 20.8 Å². The van der Waals surface area contributed by atoms with Crippen molar-refractivity contribution in [3.63, 3.8) is 0 Å². The van der Waals surface area contributed by atoms with Gasteiger partial charge in [-0.25, -0.2) is 0 Å². The fraction of sp³-hybridized carbons (Fsp3) is 1.00. The molecule has 56 valence electrons.